The molecule has 1 saturated carbocycles. The van der Waals surface area contributed by atoms with Crippen LogP contribution in [0.25, 0.3) is 22.2 Å². The first-order chi connectivity index (χ1) is 17.1. The second-order valence-electron chi connectivity index (χ2n) is 9.61. The first-order valence-electron chi connectivity index (χ1n) is 12.4. The first kappa shape index (κ1) is 23.3. The number of rotatable bonds is 8. The Hall–Kier alpha value is -3.42. The van der Waals surface area contributed by atoms with Crippen LogP contribution in [0.1, 0.15) is 31.7 Å². The minimum absolute atomic E-state index is 0.410. The van der Waals surface area contributed by atoms with Crippen LogP contribution in [0.4, 0.5) is 5.82 Å². The smallest absolute Gasteiger partial charge is 0.146 e. The number of ether oxygens (including phenoxy) is 1. The van der Waals surface area contributed by atoms with E-state index >= 15 is 0 Å². The molecule has 0 saturated heterocycles. The van der Waals surface area contributed by atoms with Crippen molar-refractivity contribution in [2.45, 2.75) is 37.8 Å². The predicted octanol–water partition coefficient (Wildman–Crippen LogP) is 5.11. The van der Waals surface area contributed by atoms with Gasteiger partial charge in [-0.15, -0.1) is 0 Å². The third-order valence-corrected chi connectivity index (χ3v) is 6.87. The molecule has 5 rings (SSSR count). The van der Waals surface area contributed by atoms with Gasteiger partial charge in [-0.25, -0.2) is 9.97 Å². The third kappa shape index (κ3) is 5.31. The van der Waals surface area contributed by atoms with Crippen LogP contribution in [-0.2, 0) is 0 Å². The van der Waals surface area contributed by atoms with Gasteiger partial charge in [0.1, 0.15) is 29.3 Å². The van der Waals surface area contributed by atoms with Crippen molar-refractivity contribution in [3.05, 3.63) is 67.1 Å². The van der Waals surface area contributed by atoms with Gasteiger partial charge in [0.05, 0.1) is 5.39 Å². The van der Waals surface area contributed by atoms with Crippen LogP contribution < -0.4 is 15.8 Å². The quantitative estimate of drug-likeness (QED) is 0.373. The fourth-order valence-corrected chi connectivity index (χ4v) is 4.98. The monoisotopic (exact) mass is 470 g/mol. The number of anilines is 1. The van der Waals surface area contributed by atoms with E-state index in [9.17, 15) is 0 Å². The summed E-state index contributed by atoms with van der Waals surface area (Å²) in [5.74, 6) is 2.14. The zero-order valence-electron chi connectivity index (χ0n) is 20.5. The maximum atomic E-state index is 6.37. The van der Waals surface area contributed by atoms with E-state index in [4.69, 9.17) is 10.5 Å². The van der Waals surface area contributed by atoms with Crippen molar-refractivity contribution in [3.63, 3.8) is 0 Å². The summed E-state index contributed by atoms with van der Waals surface area (Å²) in [7, 11) is 4.23. The Morgan fingerprint density at radius 2 is 1.69 bits per heavy atom. The van der Waals surface area contributed by atoms with E-state index in [0.717, 1.165) is 59.6 Å². The molecule has 7 nitrogen and oxygen atoms in total. The second-order valence-corrected chi connectivity index (χ2v) is 9.61. The molecular weight excluding hydrogens is 436 g/mol. The van der Waals surface area contributed by atoms with Crippen molar-refractivity contribution in [2.24, 2.45) is 0 Å². The van der Waals surface area contributed by atoms with Crippen LogP contribution in [0, 0.1) is 0 Å². The van der Waals surface area contributed by atoms with Crippen LogP contribution in [0.2, 0.25) is 0 Å². The molecule has 2 aromatic heterocycles. The molecule has 7 heteroatoms. The summed E-state index contributed by atoms with van der Waals surface area (Å²) in [4.78, 5) is 11.2. The Labute approximate surface area is 206 Å². The van der Waals surface area contributed by atoms with Gasteiger partial charge in [-0.3, -0.25) is 0 Å². The van der Waals surface area contributed by atoms with Gasteiger partial charge in [-0.2, -0.15) is 0 Å². The van der Waals surface area contributed by atoms with Crippen molar-refractivity contribution in [1.82, 2.24) is 24.8 Å². The number of likely N-dealkylation sites (N-methyl/N-ethyl adjacent to an activating group) is 1. The van der Waals surface area contributed by atoms with Crippen molar-refractivity contribution < 1.29 is 4.74 Å². The molecule has 0 atom stereocenters. The summed E-state index contributed by atoms with van der Waals surface area (Å²) in [5.41, 5.74) is 9.43. The number of benzene rings is 2. The average Bonchev–Trinajstić information content (AvgIpc) is 3.26. The van der Waals surface area contributed by atoms with Gasteiger partial charge in [0, 0.05) is 36.9 Å². The molecule has 0 radical (unpaired) electrons. The summed E-state index contributed by atoms with van der Waals surface area (Å²) >= 11 is 0. The Balaban J connectivity index is 1.36. The molecule has 1 aliphatic carbocycles. The van der Waals surface area contributed by atoms with Gasteiger partial charge in [0.2, 0.25) is 0 Å². The van der Waals surface area contributed by atoms with Crippen LogP contribution >= 0.6 is 0 Å². The molecule has 1 aliphatic rings. The maximum absolute atomic E-state index is 6.37. The van der Waals surface area contributed by atoms with Gasteiger partial charge in [0.15, 0.2) is 0 Å². The maximum Gasteiger partial charge on any atom is 0.146 e. The standard InChI is InChI=1S/C28H34N6O/c1-33(2)17-16-30-21-10-12-22(13-11-21)34-18-25(26-27(29)31-19-32-28(26)34)20-8-14-24(15-9-20)35-23-6-4-3-5-7-23/h3-9,14-15,18-19,21-22,30H,10-13,16-17H2,1-2H3,(H2,29,31,32). The normalized spacial score (nSPS) is 18.3. The number of nitrogens with one attached hydrogen (secondary N) is 1. The van der Waals surface area contributed by atoms with E-state index in [2.05, 4.69) is 57.2 Å². The molecule has 4 aromatic rings. The van der Waals surface area contributed by atoms with E-state index in [1.54, 1.807) is 6.33 Å². The molecule has 3 N–H and O–H groups in total. The lowest BCUT2D eigenvalue weighted by atomic mass is 9.91. The number of para-hydroxylation sites is 1. The molecule has 0 spiro atoms. The Morgan fingerprint density at radius 1 is 0.971 bits per heavy atom. The molecule has 0 unspecified atom stereocenters. The summed E-state index contributed by atoms with van der Waals surface area (Å²) in [6.45, 7) is 2.10. The number of hydrogen-bond acceptors (Lipinski definition) is 6. The van der Waals surface area contributed by atoms with Crippen LogP contribution in [0.5, 0.6) is 11.5 Å². The Morgan fingerprint density at radius 3 is 2.40 bits per heavy atom. The zero-order valence-corrected chi connectivity index (χ0v) is 20.5. The third-order valence-electron chi connectivity index (χ3n) is 6.87. The second kappa shape index (κ2) is 10.5. The minimum atomic E-state index is 0.410. The van der Waals surface area contributed by atoms with E-state index in [-0.39, 0.29) is 0 Å². The van der Waals surface area contributed by atoms with Gasteiger partial charge < -0.3 is 25.3 Å². The number of nitrogens with two attached hydrogens (primary N) is 1. The van der Waals surface area contributed by atoms with Crippen molar-refractivity contribution in [1.29, 1.82) is 0 Å². The lowest BCUT2D eigenvalue weighted by Gasteiger charge is -2.30. The molecule has 35 heavy (non-hydrogen) atoms. The Kier molecular flexibility index (Phi) is 6.97. The number of aromatic nitrogens is 3. The van der Waals surface area contributed by atoms with Crippen molar-refractivity contribution in [2.75, 3.05) is 32.9 Å². The fourth-order valence-electron chi connectivity index (χ4n) is 4.98. The fraction of sp³-hybridized carbons (Fsp3) is 0.357. The highest BCUT2D eigenvalue weighted by atomic mass is 16.5. The van der Waals surface area contributed by atoms with Crippen LogP contribution in [-0.4, -0.2) is 52.7 Å². The van der Waals surface area contributed by atoms with Crippen LogP contribution in [0.15, 0.2) is 67.1 Å². The SMILES string of the molecule is CN(C)CCNC1CCC(n2cc(-c3ccc(Oc4ccccc4)cc3)c3c(N)ncnc32)CC1. The molecule has 1 fully saturated rings. The summed E-state index contributed by atoms with van der Waals surface area (Å²) < 4.78 is 8.30. The highest BCUT2D eigenvalue weighted by Gasteiger charge is 2.25. The molecule has 182 valence electrons. The average molecular weight is 471 g/mol. The highest BCUT2D eigenvalue weighted by Crippen LogP contribution is 2.38. The lowest BCUT2D eigenvalue weighted by Crippen LogP contribution is -2.37. The number of nitrogens with zero attached hydrogens (tertiary/aromatic N) is 4. The lowest BCUT2D eigenvalue weighted by molar-refractivity contribution is 0.285. The minimum Gasteiger partial charge on any atom is -0.457 e. The summed E-state index contributed by atoms with van der Waals surface area (Å²) in [6, 6.07) is 19.0. The largest absolute Gasteiger partial charge is 0.457 e. The molecule has 0 aliphatic heterocycles. The molecule has 0 bridgehead atoms. The molecule has 2 heterocycles. The molecule has 0 amide bonds. The van der Waals surface area contributed by atoms with Gasteiger partial charge in [-0.05, 0) is 69.6 Å². The number of hydrogen-bond donors (Lipinski definition) is 2. The van der Waals surface area contributed by atoms with E-state index in [0.29, 0.717) is 17.9 Å². The van der Waals surface area contributed by atoms with Crippen LogP contribution in [0.3, 0.4) is 0 Å². The van der Waals surface area contributed by atoms with Gasteiger partial charge >= 0.3 is 0 Å². The van der Waals surface area contributed by atoms with Crippen molar-refractivity contribution in [3.8, 4) is 22.6 Å². The summed E-state index contributed by atoms with van der Waals surface area (Å²) in [5, 5.41) is 4.64. The van der Waals surface area contributed by atoms with E-state index in [1.807, 2.05) is 42.5 Å². The van der Waals surface area contributed by atoms with Gasteiger partial charge in [0.25, 0.3) is 0 Å². The van der Waals surface area contributed by atoms with E-state index in [1.165, 1.54) is 12.8 Å². The Bertz CT molecular complexity index is 1240. The number of nitrogen functional groups attached to an aromatic ring is 1. The zero-order chi connectivity index (χ0) is 24.2. The molecule has 2 aromatic carbocycles. The number of fused-ring (bicyclic) bond motifs is 1. The van der Waals surface area contributed by atoms with Crippen molar-refractivity contribution >= 4 is 16.9 Å². The topological polar surface area (TPSA) is 81.2 Å². The predicted molar refractivity (Wildman–Crippen MR) is 142 cm³/mol. The highest BCUT2D eigenvalue weighted by molar-refractivity contribution is 6.00. The van der Waals surface area contributed by atoms with E-state index < -0.39 is 0 Å². The molecular formula is C28H34N6O. The first-order valence-corrected chi connectivity index (χ1v) is 12.4. The van der Waals surface area contributed by atoms with Gasteiger partial charge in [-0.1, -0.05) is 30.3 Å². The summed E-state index contributed by atoms with van der Waals surface area (Å²) in [6.07, 6.45) is 8.36.